The van der Waals surface area contributed by atoms with Crippen molar-refractivity contribution in [1.82, 2.24) is 4.98 Å². The van der Waals surface area contributed by atoms with E-state index >= 15 is 0 Å². The van der Waals surface area contributed by atoms with Gasteiger partial charge in [0.1, 0.15) is 0 Å². The lowest BCUT2D eigenvalue weighted by atomic mass is 10.1. The highest BCUT2D eigenvalue weighted by Gasteiger charge is 2.19. The minimum absolute atomic E-state index is 0.0989. The van der Waals surface area contributed by atoms with E-state index in [1.807, 2.05) is 0 Å². The summed E-state index contributed by atoms with van der Waals surface area (Å²) in [4.78, 5) is 15.6. The molecule has 6 nitrogen and oxygen atoms in total. The number of anilines is 2. The number of amides is 1. The number of nitrogens with zero attached hydrogens (tertiary/aromatic N) is 1. The van der Waals surface area contributed by atoms with Crippen LogP contribution in [0.2, 0.25) is 0 Å². The molecule has 1 aromatic heterocycles. The van der Waals surface area contributed by atoms with Gasteiger partial charge in [-0.25, -0.2) is 4.98 Å². The monoisotopic (exact) mass is 275 g/mol. The summed E-state index contributed by atoms with van der Waals surface area (Å²) < 4.78 is 23.0. The minimum Gasteiger partial charge on any atom is -0.454 e. The standard InChI is InChI=1S/C13H10FN3O3/c14-12-2-1-7(5-16-12)17-13(18)8-3-10-11(4-9(8)15)20-6-19-10/h1-5H,6,15H2,(H,17,18). The van der Waals surface area contributed by atoms with Crippen molar-refractivity contribution < 1.29 is 18.7 Å². The van der Waals surface area contributed by atoms with Gasteiger partial charge in [-0.3, -0.25) is 4.79 Å². The van der Waals surface area contributed by atoms with E-state index in [1.54, 1.807) is 0 Å². The molecule has 0 saturated carbocycles. The fraction of sp³-hybridized carbons (Fsp3) is 0.0769. The van der Waals surface area contributed by atoms with E-state index in [0.29, 0.717) is 17.2 Å². The van der Waals surface area contributed by atoms with Crippen LogP contribution in [0, 0.1) is 5.95 Å². The Kier molecular flexibility index (Phi) is 2.86. The number of fused-ring (bicyclic) bond motifs is 1. The molecule has 2 aromatic rings. The molecule has 1 amide bonds. The summed E-state index contributed by atoms with van der Waals surface area (Å²) in [6, 6.07) is 5.59. The van der Waals surface area contributed by atoms with Crippen LogP contribution < -0.4 is 20.5 Å². The van der Waals surface area contributed by atoms with E-state index in [9.17, 15) is 9.18 Å². The van der Waals surface area contributed by atoms with Crippen LogP contribution >= 0.6 is 0 Å². The van der Waals surface area contributed by atoms with E-state index in [4.69, 9.17) is 15.2 Å². The van der Waals surface area contributed by atoms with E-state index in [1.165, 1.54) is 24.4 Å². The van der Waals surface area contributed by atoms with Gasteiger partial charge in [0, 0.05) is 11.8 Å². The summed E-state index contributed by atoms with van der Waals surface area (Å²) in [7, 11) is 0. The molecule has 0 atom stereocenters. The Hall–Kier alpha value is -2.83. The van der Waals surface area contributed by atoms with Gasteiger partial charge in [0.2, 0.25) is 12.7 Å². The summed E-state index contributed by atoms with van der Waals surface area (Å²) in [6.07, 6.45) is 1.22. The quantitative estimate of drug-likeness (QED) is 0.644. The zero-order valence-corrected chi connectivity index (χ0v) is 10.2. The first kappa shape index (κ1) is 12.2. The van der Waals surface area contributed by atoms with Gasteiger partial charge >= 0.3 is 0 Å². The Morgan fingerprint density at radius 2 is 2.05 bits per heavy atom. The number of carbonyl (C=O) groups excluding carboxylic acids is 1. The fourth-order valence-electron chi connectivity index (χ4n) is 1.80. The second-order valence-electron chi connectivity index (χ2n) is 4.12. The summed E-state index contributed by atoms with van der Waals surface area (Å²) in [5.41, 5.74) is 6.68. The Morgan fingerprint density at radius 1 is 1.30 bits per heavy atom. The van der Waals surface area contributed by atoms with E-state index in [-0.39, 0.29) is 18.0 Å². The van der Waals surface area contributed by atoms with Crippen LogP contribution in [-0.2, 0) is 0 Å². The number of rotatable bonds is 2. The molecule has 3 N–H and O–H groups in total. The predicted molar refractivity (Wildman–Crippen MR) is 69.1 cm³/mol. The molecule has 0 radical (unpaired) electrons. The first-order valence-corrected chi connectivity index (χ1v) is 5.75. The van der Waals surface area contributed by atoms with Gasteiger partial charge in [0.15, 0.2) is 11.5 Å². The average molecular weight is 275 g/mol. The lowest BCUT2D eigenvalue weighted by Gasteiger charge is -2.08. The molecule has 0 bridgehead atoms. The second-order valence-corrected chi connectivity index (χ2v) is 4.12. The molecule has 102 valence electrons. The van der Waals surface area contributed by atoms with Gasteiger partial charge < -0.3 is 20.5 Å². The van der Waals surface area contributed by atoms with Crippen molar-refractivity contribution >= 4 is 17.3 Å². The van der Waals surface area contributed by atoms with Gasteiger partial charge in [-0.2, -0.15) is 4.39 Å². The van der Waals surface area contributed by atoms with Crippen molar-refractivity contribution in [3.05, 3.63) is 42.0 Å². The Balaban J connectivity index is 1.85. The zero-order chi connectivity index (χ0) is 14.1. The van der Waals surface area contributed by atoms with E-state index < -0.39 is 11.9 Å². The smallest absolute Gasteiger partial charge is 0.257 e. The molecular weight excluding hydrogens is 265 g/mol. The summed E-state index contributed by atoms with van der Waals surface area (Å²) >= 11 is 0. The van der Waals surface area contributed by atoms with Gasteiger partial charge in [-0.05, 0) is 18.2 Å². The van der Waals surface area contributed by atoms with Crippen molar-refractivity contribution in [2.45, 2.75) is 0 Å². The molecule has 0 aliphatic carbocycles. The largest absolute Gasteiger partial charge is 0.454 e. The fourth-order valence-corrected chi connectivity index (χ4v) is 1.80. The Labute approximate surface area is 113 Å². The number of carbonyl (C=O) groups is 1. The number of hydrogen-bond donors (Lipinski definition) is 2. The Bertz CT molecular complexity index is 673. The number of nitrogen functional groups attached to an aromatic ring is 1. The first-order chi connectivity index (χ1) is 9.63. The maximum Gasteiger partial charge on any atom is 0.257 e. The number of aromatic nitrogens is 1. The summed E-state index contributed by atoms with van der Waals surface area (Å²) in [6.45, 7) is 0.0989. The Morgan fingerprint density at radius 3 is 2.75 bits per heavy atom. The highest BCUT2D eigenvalue weighted by molar-refractivity contribution is 6.08. The maximum absolute atomic E-state index is 12.7. The topological polar surface area (TPSA) is 86.5 Å². The molecular formula is C13H10FN3O3. The van der Waals surface area contributed by atoms with Crippen molar-refractivity contribution in [2.75, 3.05) is 17.8 Å². The van der Waals surface area contributed by atoms with Gasteiger partial charge in [0.05, 0.1) is 17.4 Å². The number of hydrogen-bond acceptors (Lipinski definition) is 5. The van der Waals surface area contributed by atoms with Crippen LogP contribution in [0.5, 0.6) is 11.5 Å². The number of nitrogens with two attached hydrogens (primary N) is 1. The third kappa shape index (κ3) is 2.20. The van der Waals surface area contributed by atoms with Crippen LogP contribution in [0.1, 0.15) is 10.4 Å². The number of nitrogens with one attached hydrogen (secondary N) is 1. The lowest BCUT2D eigenvalue weighted by Crippen LogP contribution is -2.14. The van der Waals surface area contributed by atoms with Crippen molar-refractivity contribution in [3.63, 3.8) is 0 Å². The number of halogens is 1. The molecule has 2 heterocycles. The molecule has 0 saturated heterocycles. The first-order valence-electron chi connectivity index (χ1n) is 5.75. The zero-order valence-electron chi connectivity index (χ0n) is 10.2. The van der Waals surface area contributed by atoms with E-state index in [2.05, 4.69) is 10.3 Å². The van der Waals surface area contributed by atoms with Crippen LogP contribution in [0.15, 0.2) is 30.5 Å². The molecule has 3 rings (SSSR count). The van der Waals surface area contributed by atoms with Crippen LogP contribution in [0.3, 0.4) is 0 Å². The number of ether oxygens (including phenoxy) is 2. The van der Waals surface area contributed by atoms with Crippen LogP contribution in [0.4, 0.5) is 15.8 Å². The molecule has 1 aromatic carbocycles. The molecule has 0 unspecified atom stereocenters. The normalized spacial score (nSPS) is 12.2. The lowest BCUT2D eigenvalue weighted by molar-refractivity contribution is 0.102. The number of pyridine rings is 1. The summed E-state index contributed by atoms with van der Waals surface area (Å²) in [5.74, 6) is -0.0936. The highest BCUT2D eigenvalue weighted by atomic mass is 19.1. The SMILES string of the molecule is Nc1cc2c(cc1C(=O)Nc1ccc(F)nc1)OCO2. The molecule has 1 aliphatic heterocycles. The van der Waals surface area contributed by atoms with Crippen molar-refractivity contribution in [3.8, 4) is 11.5 Å². The van der Waals surface area contributed by atoms with Gasteiger partial charge in [-0.1, -0.05) is 0 Å². The third-order valence-corrected chi connectivity index (χ3v) is 2.77. The highest BCUT2D eigenvalue weighted by Crippen LogP contribution is 2.36. The average Bonchev–Trinajstić information content (AvgIpc) is 2.87. The third-order valence-electron chi connectivity index (χ3n) is 2.77. The molecule has 20 heavy (non-hydrogen) atoms. The van der Waals surface area contributed by atoms with Crippen LogP contribution in [-0.4, -0.2) is 17.7 Å². The van der Waals surface area contributed by atoms with Crippen molar-refractivity contribution in [2.24, 2.45) is 0 Å². The molecule has 0 fully saturated rings. The van der Waals surface area contributed by atoms with Gasteiger partial charge in [-0.15, -0.1) is 0 Å². The molecule has 7 heteroatoms. The van der Waals surface area contributed by atoms with Crippen molar-refractivity contribution in [1.29, 1.82) is 0 Å². The van der Waals surface area contributed by atoms with Gasteiger partial charge in [0.25, 0.3) is 5.91 Å². The summed E-state index contributed by atoms with van der Waals surface area (Å²) in [5, 5.41) is 2.57. The molecule has 0 spiro atoms. The predicted octanol–water partition coefficient (Wildman–Crippen LogP) is 1.78. The molecule has 1 aliphatic rings. The minimum atomic E-state index is -0.620. The van der Waals surface area contributed by atoms with E-state index in [0.717, 1.165) is 6.07 Å². The second kappa shape index (κ2) is 4.69. The van der Waals surface area contributed by atoms with Crippen LogP contribution in [0.25, 0.3) is 0 Å². The maximum atomic E-state index is 12.7. The number of benzene rings is 1.